The summed E-state index contributed by atoms with van der Waals surface area (Å²) >= 11 is 0. The number of hydrogen-bond acceptors (Lipinski definition) is 3. The molecular formula is C11H13N3O. The number of nitrogens with one attached hydrogen (secondary N) is 2. The quantitative estimate of drug-likeness (QED) is 0.675. The van der Waals surface area contributed by atoms with Crippen molar-refractivity contribution in [3.8, 4) is 0 Å². The highest BCUT2D eigenvalue weighted by molar-refractivity contribution is 5.96. The summed E-state index contributed by atoms with van der Waals surface area (Å²) in [5, 5.41) is 6.29. The first-order valence-corrected chi connectivity index (χ1v) is 5.31. The van der Waals surface area contributed by atoms with Crippen molar-refractivity contribution >= 4 is 17.4 Å². The lowest BCUT2D eigenvalue weighted by Crippen LogP contribution is -2.46. The maximum Gasteiger partial charge on any atom is 0.226 e. The van der Waals surface area contributed by atoms with Crippen molar-refractivity contribution in [3.05, 3.63) is 18.3 Å². The zero-order valence-corrected chi connectivity index (χ0v) is 8.42. The van der Waals surface area contributed by atoms with E-state index >= 15 is 0 Å². The summed E-state index contributed by atoms with van der Waals surface area (Å²) in [6.45, 7) is 0. The van der Waals surface area contributed by atoms with E-state index in [0.29, 0.717) is 6.42 Å². The van der Waals surface area contributed by atoms with Crippen molar-refractivity contribution in [2.24, 2.45) is 0 Å². The maximum atomic E-state index is 11.7. The Labute approximate surface area is 88.1 Å². The predicted octanol–water partition coefficient (Wildman–Crippen LogP) is 1.76. The van der Waals surface area contributed by atoms with E-state index in [1.807, 2.05) is 12.1 Å². The molecular weight excluding hydrogens is 190 g/mol. The van der Waals surface area contributed by atoms with Gasteiger partial charge in [0.1, 0.15) is 5.82 Å². The molecule has 0 radical (unpaired) electrons. The van der Waals surface area contributed by atoms with Crippen LogP contribution in [0, 0.1) is 0 Å². The van der Waals surface area contributed by atoms with Crippen molar-refractivity contribution in [1.29, 1.82) is 0 Å². The molecule has 0 aromatic carbocycles. The van der Waals surface area contributed by atoms with Crippen molar-refractivity contribution in [2.75, 3.05) is 10.6 Å². The van der Waals surface area contributed by atoms with Crippen LogP contribution in [0.5, 0.6) is 0 Å². The zero-order valence-electron chi connectivity index (χ0n) is 8.42. The van der Waals surface area contributed by atoms with Gasteiger partial charge in [-0.1, -0.05) is 0 Å². The number of carbonyl (C=O) groups excluding carboxylic acids is 1. The van der Waals surface area contributed by atoms with Gasteiger partial charge in [-0.15, -0.1) is 0 Å². The van der Waals surface area contributed by atoms with Crippen LogP contribution in [0.25, 0.3) is 0 Å². The molecule has 1 aliphatic heterocycles. The number of anilines is 2. The standard InChI is InChI=1S/C11H13N3O/c15-9-7-11(4-2-5-11)14-10-8(13-9)3-1-6-12-10/h1,3,6H,2,4-5,7H2,(H,12,14)(H,13,15). The highest BCUT2D eigenvalue weighted by atomic mass is 16.1. The van der Waals surface area contributed by atoms with Gasteiger partial charge in [0, 0.05) is 18.2 Å². The fourth-order valence-electron chi connectivity index (χ4n) is 2.31. The second-order valence-electron chi connectivity index (χ2n) is 4.38. The minimum Gasteiger partial charge on any atom is -0.362 e. The maximum absolute atomic E-state index is 11.7. The van der Waals surface area contributed by atoms with E-state index in [1.165, 1.54) is 6.42 Å². The fraction of sp³-hybridized carbons (Fsp3) is 0.455. The van der Waals surface area contributed by atoms with Crippen LogP contribution in [-0.4, -0.2) is 16.4 Å². The Morgan fingerprint density at radius 2 is 2.27 bits per heavy atom. The van der Waals surface area contributed by atoms with Crippen molar-refractivity contribution < 1.29 is 4.79 Å². The van der Waals surface area contributed by atoms with Crippen LogP contribution < -0.4 is 10.6 Å². The third-order valence-electron chi connectivity index (χ3n) is 3.27. The molecule has 0 bridgehead atoms. The Morgan fingerprint density at radius 3 is 3.00 bits per heavy atom. The third-order valence-corrected chi connectivity index (χ3v) is 3.27. The number of aromatic nitrogens is 1. The van der Waals surface area contributed by atoms with Crippen LogP contribution in [0.3, 0.4) is 0 Å². The van der Waals surface area contributed by atoms with Crippen LogP contribution in [0.15, 0.2) is 18.3 Å². The second kappa shape index (κ2) is 2.95. The fourth-order valence-corrected chi connectivity index (χ4v) is 2.31. The lowest BCUT2D eigenvalue weighted by molar-refractivity contribution is -0.117. The molecule has 1 aromatic heterocycles. The lowest BCUT2D eigenvalue weighted by Gasteiger charge is -2.41. The van der Waals surface area contributed by atoms with Crippen LogP contribution in [-0.2, 0) is 4.79 Å². The molecule has 4 nitrogen and oxygen atoms in total. The Balaban J connectivity index is 2.01. The summed E-state index contributed by atoms with van der Waals surface area (Å²) in [6.07, 6.45) is 5.63. The average molecular weight is 203 g/mol. The minimum atomic E-state index is -0.0241. The summed E-state index contributed by atoms with van der Waals surface area (Å²) in [4.78, 5) is 15.9. The number of amides is 1. The first-order valence-electron chi connectivity index (χ1n) is 5.31. The molecule has 15 heavy (non-hydrogen) atoms. The molecule has 78 valence electrons. The Morgan fingerprint density at radius 1 is 1.40 bits per heavy atom. The van der Waals surface area contributed by atoms with Crippen LogP contribution in [0.1, 0.15) is 25.7 Å². The molecule has 3 rings (SSSR count). The predicted molar refractivity (Wildman–Crippen MR) is 57.7 cm³/mol. The van der Waals surface area contributed by atoms with Gasteiger partial charge in [0.15, 0.2) is 0 Å². The Hall–Kier alpha value is -1.58. The molecule has 1 fully saturated rings. The van der Waals surface area contributed by atoms with Gasteiger partial charge in [0.25, 0.3) is 0 Å². The van der Waals surface area contributed by atoms with Gasteiger partial charge in [0.2, 0.25) is 5.91 Å². The number of nitrogens with zero attached hydrogens (tertiary/aromatic N) is 1. The molecule has 1 amide bonds. The SMILES string of the molecule is O=C1CC2(CCC2)Nc2ncccc2N1. The lowest BCUT2D eigenvalue weighted by atomic mass is 9.74. The van der Waals surface area contributed by atoms with Crippen LogP contribution in [0.2, 0.25) is 0 Å². The average Bonchev–Trinajstić information content (AvgIpc) is 2.32. The molecule has 0 unspecified atom stereocenters. The van der Waals surface area contributed by atoms with Gasteiger partial charge in [0.05, 0.1) is 5.69 Å². The largest absolute Gasteiger partial charge is 0.362 e. The molecule has 2 aliphatic rings. The molecule has 1 saturated carbocycles. The van der Waals surface area contributed by atoms with E-state index in [0.717, 1.165) is 24.3 Å². The Kier molecular flexibility index (Phi) is 1.71. The number of fused-ring (bicyclic) bond motifs is 1. The highest BCUT2D eigenvalue weighted by Gasteiger charge is 2.41. The van der Waals surface area contributed by atoms with Crippen molar-refractivity contribution in [1.82, 2.24) is 4.98 Å². The third kappa shape index (κ3) is 1.37. The van der Waals surface area contributed by atoms with E-state index < -0.39 is 0 Å². The molecule has 2 heterocycles. The van der Waals surface area contributed by atoms with Crippen molar-refractivity contribution in [2.45, 2.75) is 31.2 Å². The molecule has 0 atom stereocenters. The van der Waals surface area contributed by atoms with E-state index in [4.69, 9.17) is 0 Å². The number of hydrogen-bond donors (Lipinski definition) is 2. The molecule has 2 N–H and O–H groups in total. The van der Waals surface area contributed by atoms with Crippen LogP contribution in [0.4, 0.5) is 11.5 Å². The van der Waals surface area contributed by atoms with Crippen molar-refractivity contribution in [3.63, 3.8) is 0 Å². The van der Waals surface area contributed by atoms with Gasteiger partial charge in [-0.25, -0.2) is 4.98 Å². The summed E-state index contributed by atoms with van der Waals surface area (Å²) in [5.41, 5.74) is 0.773. The van der Waals surface area contributed by atoms with Gasteiger partial charge in [-0.05, 0) is 31.4 Å². The summed E-state index contributed by atoms with van der Waals surface area (Å²) in [6, 6.07) is 3.71. The normalized spacial score (nSPS) is 22.0. The topological polar surface area (TPSA) is 54.0 Å². The van der Waals surface area contributed by atoms with Gasteiger partial charge in [-0.2, -0.15) is 0 Å². The van der Waals surface area contributed by atoms with E-state index in [1.54, 1.807) is 6.20 Å². The molecule has 0 saturated heterocycles. The summed E-state index contributed by atoms with van der Waals surface area (Å²) in [5.74, 6) is 0.900. The highest BCUT2D eigenvalue weighted by Crippen LogP contribution is 2.41. The molecule has 1 aromatic rings. The minimum absolute atomic E-state index is 0.0241. The zero-order chi connectivity index (χ0) is 10.3. The first-order chi connectivity index (χ1) is 7.27. The van der Waals surface area contributed by atoms with Gasteiger partial charge in [-0.3, -0.25) is 4.79 Å². The summed E-state index contributed by atoms with van der Waals surface area (Å²) in [7, 11) is 0. The first kappa shape index (κ1) is 8.71. The van der Waals surface area contributed by atoms with Gasteiger partial charge >= 0.3 is 0 Å². The molecule has 4 heteroatoms. The van der Waals surface area contributed by atoms with E-state index in [-0.39, 0.29) is 11.4 Å². The number of carbonyl (C=O) groups is 1. The second-order valence-corrected chi connectivity index (χ2v) is 4.38. The van der Waals surface area contributed by atoms with E-state index in [9.17, 15) is 4.79 Å². The monoisotopic (exact) mass is 203 g/mol. The van der Waals surface area contributed by atoms with E-state index in [2.05, 4.69) is 15.6 Å². The summed E-state index contributed by atoms with van der Waals surface area (Å²) < 4.78 is 0. The number of pyridine rings is 1. The smallest absolute Gasteiger partial charge is 0.226 e. The number of rotatable bonds is 0. The molecule has 1 aliphatic carbocycles. The van der Waals surface area contributed by atoms with Crippen LogP contribution >= 0.6 is 0 Å². The van der Waals surface area contributed by atoms with Gasteiger partial charge < -0.3 is 10.6 Å². The Bertz CT molecular complexity index is 412. The molecule has 1 spiro atoms.